The van der Waals surface area contributed by atoms with Gasteiger partial charge in [-0.15, -0.1) is 0 Å². The van der Waals surface area contributed by atoms with Crippen molar-refractivity contribution in [3.05, 3.63) is 154 Å². The van der Waals surface area contributed by atoms with Crippen LogP contribution in [0.4, 0.5) is 0 Å². The van der Waals surface area contributed by atoms with Gasteiger partial charge >= 0.3 is 0 Å². The second kappa shape index (κ2) is 11.4. The number of fused-ring (bicyclic) bond motifs is 6. The van der Waals surface area contributed by atoms with Crippen molar-refractivity contribution in [1.29, 1.82) is 0 Å². The molecule has 0 spiro atoms. The Labute approximate surface area is 300 Å². The molecule has 1 heteroatoms. The van der Waals surface area contributed by atoms with Crippen molar-refractivity contribution < 1.29 is 4.42 Å². The molecule has 0 aliphatic rings. The molecular formula is C50H42O. The van der Waals surface area contributed by atoms with Crippen molar-refractivity contribution in [1.82, 2.24) is 0 Å². The summed E-state index contributed by atoms with van der Waals surface area (Å²) in [5.74, 6) is 0. The second-order valence-electron chi connectivity index (χ2n) is 14.6. The SMILES string of the molecule is Cc1c(C)c(C)c2c(-c3ccc(-c4ccc5oc6ccccc6c5c4)c4ccccc34)c3c(C)c(C)c(C)c(C)c3c(-c3ccccc3)c2c1C. The average molecular weight is 659 g/mol. The smallest absolute Gasteiger partial charge is 0.135 e. The molecule has 248 valence electrons. The molecule has 0 fully saturated rings. The van der Waals surface area contributed by atoms with Crippen molar-refractivity contribution in [2.75, 3.05) is 0 Å². The number of benzene rings is 8. The van der Waals surface area contributed by atoms with E-state index in [0.29, 0.717) is 0 Å². The predicted molar refractivity (Wildman–Crippen MR) is 220 cm³/mol. The van der Waals surface area contributed by atoms with Crippen molar-refractivity contribution in [3.8, 4) is 33.4 Å². The molecule has 1 nitrogen and oxygen atoms in total. The van der Waals surface area contributed by atoms with Gasteiger partial charge in [0.25, 0.3) is 0 Å². The van der Waals surface area contributed by atoms with Gasteiger partial charge in [0.15, 0.2) is 0 Å². The van der Waals surface area contributed by atoms with Crippen LogP contribution < -0.4 is 0 Å². The van der Waals surface area contributed by atoms with Crippen LogP contribution >= 0.6 is 0 Å². The maximum Gasteiger partial charge on any atom is 0.135 e. The number of aryl methyl sites for hydroxylation is 4. The van der Waals surface area contributed by atoms with Gasteiger partial charge in [-0.2, -0.15) is 0 Å². The Morgan fingerprint density at radius 3 is 1.35 bits per heavy atom. The summed E-state index contributed by atoms with van der Waals surface area (Å²) < 4.78 is 6.21. The number of hydrogen-bond donors (Lipinski definition) is 0. The third-order valence-electron chi connectivity index (χ3n) is 12.3. The van der Waals surface area contributed by atoms with E-state index in [9.17, 15) is 0 Å². The zero-order valence-electron chi connectivity index (χ0n) is 30.8. The topological polar surface area (TPSA) is 13.1 Å². The molecule has 0 saturated heterocycles. The summed E-state index contributed by atoms with van der Waals surface area (Å²) in [4.78, 5) is 0. The van der Waals surface area contributed by atoms with E-state index in [4.69, 9.17) is 4.42 Å². The van der Waals surface area contributed by atoms with Crippen LogP contribution in [-0.2, 0) is 0 Å². The molecule has 0 bridgehead atoms. The maximum absolute atomic E-state index is 6.21. The van der Waals surface area contributed by atoms with Crippen molar-refractivity contribution >= 4 is 54.3 Å². The van der Waals surface area contributed by atoms with E-state index >= 15 is 0 Å². The molecule has 9 rings (SSSR count). The van der Waals surface area contributed by atoms with Crippen LogP contribution in [0, 0.1) is 55.4 Å². The first-order valence-corrected chi connectivity index (χ1v) is 18.1. The third-order valence-corrected chi connectivity index (χ3v) is 12.3. The van der Waals surface area contributed by atoms with Gasteiger partial charge in [-0.1, -0.05) is 91.0 Å². The van der Waals surface area contributed by atoms with Crippen molar-refractivity contribution in [3.63, 3.8) is 0 Å². The molecule has 1 heterocycles. The van der Waals surface area contributed by atoms with Gasteiger partial charge in [0, 0.05) is 10.8 Å². The van der Waals surface area contributed by atoms with Gasteiger partial charge in [0.2, 0.25) is 0 Å². The molecule has 0 N–H and O–H groups in total. The molecule has 0 atom stereocenters. The predicted octanol–water partition coefficient (Wildman–Crippen LogP) is 14.5. The van der Waals surface area contributed by atoms with Gasteiger partial charge < -0.3 is 4.42 Å². The van der Waals surface area contributed by atoms with Crippen LogP contribution in [0.5, 0.6) is 0 Å². The molecule has 0 unspecified atom stereocenters. The minimum absolute atomic E-state index is 0.922. The largest absolute Gasteiger partial charge is 0.456 e. The quantitative estimate of drug-likeness (QED) is 0.172. The second-order valence-corrected chi connectivity index (χ2v) is 14.6. The van der Waals surface area contributed by atoms with E-state index in [-0.39, 0.29) is 0 Å². The summed E-state index contributed by atoms with van der Waals surface area (Å²) in [6, 6.07) is 39.8. The number of furan rings is 1. The molecule has 9 aromatic rings. The number of rotatable bonds is 3. The average Bonchev–Trinajstić information content (AvgIpc) is 3.54. The summed E-state index contributed by atoms with van der Waals surface area (Å²) in [7, 11) is 0. The minimum atomic E-state index is 0.922. The van der Waals surface area contributed by atoms with E-state index in [1.165, 1.54) is 110 Å². The summed E-state index contributed by atoms with van der Waals surface area (Å²) in [5, 5.41) is 10.3. The molecule has 0 amide bonds. The monoisotopic (exact) mass is 658 g/mol. The first kappa shape index (κ1) is 31.3. The lowest BCUT2D eigenvalue weighted by Crippen LogP contribution is -2.04. The van der Waals surface area contributed by atoms with Crippen molar-refractivity contribution in [2.24, 2.45) is 0 Å². The Hall–Kier alpha value is -5.66. The first-order chi connectivity index (χ1) is 24.7. The Balaban J connectivity index is 1.46. The van der Waals surface area contributed by atoms with Crippen LogP contribution in [-0.4, -0.2) is 0 Å². The van der Waals surface area contributed by atoms with Gasteiger partial charge in [0.1, 0.15) is 11.2 Å². The highest BCUT2D eigenvalue weighted by atomic mass is 16.3. The van der Waals surface area contributed by atoms with Crippen LogP contribution in [0.15, 0.2) is 114 Å². The van der Waals surface area contributed by atoms with Gasteiger partial charge in [-0.25, -0.2) is 0 Å². The van der Waals surface area contributed by atoms with Gasteiger partial charge in [-0.05, 0) is 184 Å². The lowest BCUT2D eigenvalue weighted by atomic mass is 9.76. The van der Waals surface area contributed by atoms with Crippen LogP contribution in [0.3, 0.4) is 0 Å². The molecular weight excluding hydrogens is 617 g/mol. The highest BCUT2D eigenvalue weighted by molar-refractivity contribution is 6.27. The van der Waals surface area contributed by atoms with Crippen LogP contribution in [0.2, 0.25) is 0 Å². The minimum Gasteiger partial charge on any atom is -0.456 e. The summed E-state index contributed by atoms with van der Waals surface area (Å²) >= 11 is 0. The lowest BCUT2D eigenvalue weighted by Gasteiger charge is -2.27. The Morgan fingerprint density at radius 1 is 0.314 bits per heavy atom. The molecule has 1 aromatic heterocycles. The fourth-order valence-electron chi connectivity index (χ4n) is 8.95. The molecule has 0 saturated carbocycles. The standard InChI is InChI=1S/C50H42O/c1-27-29(3)33(7)47-45(31(27)5)49(35-16-10-9-11-17-35)46-32(6)28(2)30(4)34(8)48(46)50(47)41-24-23-37(38-18-12-13-19-39(38)41)36-22-25-44-42(26-36)40-20-14-15-21-43(40)51-44/h9-26H,1-8H3. The third kappa shape index (κ3) is 4.40. The molecule has 0 aliphatic carbocycles. The fraction of sp³-hybridized carbons (Fsp3) is 0.160. The van der Waals surface area contributed by atoms with E-state index in [2.05, 4.69) is 159 Å². The van der Waals surface area contributed by atoms with Gasteiger partial charge in [-0.3, -0.25) is 0 Å². The molecule has 8 aromatic carbocycles. The number of hydrogen-bond acceptors (Lipinski definition) is 1. The van der Waals surface area contributed by atoms with E-state index < -0.39 is 0 Å². The summed E-state index contributed by atoms with van der Waals surface area (Å²) in [6.45, 7) is 18.6. The van der Waals surface area contributed by atoms with Crippen molar-refractivity contribution in [2.45, 2.75) is 55.4 Å². The highest BCUT2D eigenvalue weighted by Crippen LogP contribution is 2.52. The molecule has 51 heavy (non-hydrogen) atoms. The summed E-state index contributed by atoms with van der Waals surface area (Å²) in [6.07, 6.45) is 0. The Bertz CT molecular complexity index is 2840. The molecule has 0 radical (unpaired) electrons. The highest BCUT2D eigenvalue weighted by Gasteiger charge is 2.26. The maximum atomic E-state index is 6.21. The lowest BCUT2D eigenvalue weighted by molar-refractivity contribution is 0.669. The van der Waals surface area contributed by atoms with E-state index in [1.807, 2.05) is 6.07 Å². The zero-order chi connectivity index (χ0) is 35.3. The first-order valence-electron chi connectivity index (χ1n) is 18.1. The normalized spacial score (nSPS) is 11.9. The Kier molecular flexibility index (Phi) is 7.03. The fourth-order valence-corrected chi connectivity index (χ4v) is 8.95. The zero-order valence-corrected chi connectivity index (χ0v) is 30.8. The molecule has 0 aliphatic heterocycles. The van der Waals surface area contributed by atoms with Crippen LogP contribution in [0.25, 0.3) is 87.6 Å². The van der Waals surface area contributed by atoms with Gasteiger partial charge in [0.05, 0.1) is 0 Å². The van der Waals surface area contributed by atoms with E-state index in [0.717, 1.165) is 21.9 Å². The Morgan fingerprint density at radius 2 is 0.765 bits per heavy atom. The van der Waals surface area contributed by atoms with Crippen LogP contribution in [0.1, 0.15) is 44.5 Å². The summed E-state index contributed by atoms with van der Waals surface area (Å²) in [5.41, 5.74) is 20.5. The number of para-hydroxylation sites is 1. The van der Waals surface area contributed by atoms with E-state index in [1.54, 1.807) is 0 Å².